The Morgan fingerprint density at radius 1 is 1.09 bits per heavy atom. The number of hydrogen-bond donors (Lipinski definition) is 2. The molecule has 0 saturated heterocycles. The molecule has 0 bridgehead atoms. The van der Waals surface area contributed by atoms with Crippen molar-refractivity contribution in [2.45, 2.75) is 13.0 Å². The van der Waals surface area contributed by atoms with Gasteiger partial charge in [-0.25, -0.2) is 4.39 Å². The van der Waals surface area contributed by atoms with Gasteiger partial charge in [-0.2, -0.15) is 0 Å². The lowest BCUT2D eigenvalue weighted by atomic mass is 10.0. The van der Waals surface area contributed by atoms with Crippen LogP contribution in [0.4, 0.5) is 4.39 Å². The summed E-state index contributed by atoms with van der Waals surface area (Å²) in [6.07, 6.45) is 0.637. The first-order valence-electron chi connectivity index (χ1n) is 10.1. The van der Waals surface area contributed by atoms with Crippen molar-refractivity contribution < 1.29 is 28.2 Å². The number of H-pyrrole nitrogens is 1. The number of nitrogens with zero attached hydrogens (tertiary/aromatic N) is 1. The number of aromatic amines is 1. The molecule has 1 aliphatic rings. The van der Waals surface area contributed by atoms with Gasteiger partial charge < -0.3 is 29.4 Å². The number of carbonyl (C=O) groups excluding carboxylic acids is 2. The van der Waals surface area contributed by atoms with Gasteiger partial charge in [0.1, 0.15) is 5.82 Å². The number of benzene rings is 2. The maximum Gasteiger partial charge on any atom is 0.251 e. The first kappa shape index (κ1) is 21.5. The fourth-order valence-corrected chi connectivity index (χ4v) is 3.98. The molecule has 8 nitrogen and oxygen atoms in total. The van der Waals surface area contributed by atoms with E-state index in [2.05, 4.69) is 10.3 Å². The van der Waals surface area contributed by atoms with Crippen molar-refractivity contribution in [3.63, 3.8) is 0 Å². The topological polar surface area (TPSA) is 92.9 Å². The van der Waals surface area contributed by atoms with Crippen molar-refractivity contribution in [3.05, 3.63) is 53.0 Å². The van der Waals surface area contributed by atoms with Crippen LogP contribution in [0.25, 0.3) is 10.9 Å². The average molecular weight is 441 g/mol. The molecule has 2 heterocycles. The summed E-state index contributed by atoms with van der Waals surface area (Å²) in [7, 11) is 4.40. The predicted octanol–water partition coefficient (Wildman–Crippen LogP) is 2.65. The summed E-state index contributed by atoms with van der Waals surface area (Å²) in [6, 6.07) is 7.63. The number of methoxy groups -OCH3 is 3. The van der Waals surface area contributed by atoms with Crippen LogP contribution in [-0.2, 0) is 17.8 Å². The molecule has 0 saturated carbocycles. The molecule has 2 aromatic carbocycles. The number of hydrogen-bond acceptors (Lipinski definition) is 5. The maximum atomic E-state index is 13.7. The second-order valence-corrected chi connectivity index (χ2v) is 7.43. The molecule has 0 atom stereocenters. The molecule has 0 unspecified atom stereocenters. The lowest BCUT2D eigenvalue weighted by Gasteiger charge is -2.27. The largest absolute Gasteiger partial charge is 0.493 e. The molecule has 2 amide bonds. The zero-order chi connectivity index (χ0) is 22.8. The Kier molecular flexibility index (Phi) is 5.89. The third-order valence-corrected chi connectivity index (χ3v) is 5.62. The fourth-order valence-electron chi connectivity index (χ4n) is 3.98. The van der Waals surface area contributed by atoms with Crippen LogP contribution in [0.15, 0.2) is 30.3 Å². The first-order chi connectivity index (χ1) is 15.4. The summed E-state index contributed by atoms with van der Waals surface area (Å²) in [5, 5.41) is 3.43. The lowest BCUT2D eigenvalue weighted by molar-refractivity contribution is -0.131. The van der Waals surface area contributed by atoms with E-state index < -0.39 is 5.91 Å². The van der Waals surface area contributed by atoms with Crippen LogP contribution >= 0.6 is 0 Å². The molecule has 4 rings (SSSR count). The highest BCUT2D eigenvalue weighted by atomic mass is 19.1. The second kappa shape index (κ2) is 8.78. The Bertz CT molecular complexity index is 1160. The van der Waals surface area contributed by atoms with E-state index in [0.29, 0.717) is 36.8 Å². The smallest absolute Gasteiger partial charge is 0.251 e. The zero-order valence-corrected chi connectivity index (χ0v) is 18.1. The molecule has 0 aliphatic carbocycles. The molecule has 2 N–H and O–H groups in total. The van der Waals surface area contributed by atoms with Gasteiger partial charge in [0.05, 0.1) is 27.9 Å². The Hall–Kier alpha value is -3.75. The fraction of sp³-hybridized carbons (Fsp3) is 0.304. The Morgan fingerprint density at radius 3 is 2.47 bits per heavy atom. The number of nitrogens with one attached hydrogen (secondary N) is 2. The summed E-state index contributed by atoms with van der Waals surface area (Å²) in [6.45, 7) is 0.709. The molecule has 0 fully saturated rings. The number of aromatic nitrogens is 1. The summed E-state index contributed by atoms with van der Waals surface area (Å²) in [5.74, 6) is 0.0887. The van der Waals surface area contributed by atoms with Crippen molar-refractivity contribution >= 4 is 22.7 Å². The zero-order valence-electron chi connectivity index (χ0n) is 18.1. The third-order valence-electron chi connectivity index (χ3n) is 5.62. The van der Waals surface area contributed by atoms with Crippen molar-refractivity contribution in [2.75, 3.05) is 34.4 Å². The van der Waals surface area contributed by atoms with Crippen molar-refractivity contribution in [2.24, 2.45) is 0 Å². The van der Waals surface area contributed by atoms with Gasteiger partial charge in [-0.15, -0.1) is 0 Å². The minimum absolute atomic E-state index is 0.165. The minimum Gasteiger partial charge on any atom is -0.493 e. The highest BCUT2D eigenvalue weighted by Gasteiger charge is 2.25. The predicted molar refractivity (Wildman–Crippen MR) is 116 cm³/mol. The van der Waals surface area contributed by atoms with Gasteiger partial charge in [-0.3, -0.25) is 9.59 Å². The van der Waals surface area contributed by atoms with Gasteiger partial charge in [0.2, 0.25) is 11.7 Å². The Morgan fingerprint density at radius 2 is 1.81 bits per heavy atom. The van der Waals surface area contributed by atoms with E-state index in [-0.39, 0.29) is 23.8 Å². The minimum atomic E-state index is -0.440. The van der Waals surface area contributed by atoms with E-state index in [1.54, 1.807) is 11.0 Å². The monoisotopic (exact) mass is 441 g/mol. The molecular formula is C23H24FN3O5. The highest BCUT2D eigenvalue weighted by Crippen LogP contribution is 2.38. The number of ether oxygens (including phenoxy) is 3. The van der Waals surface area contributed by atoms with E-state index in [1.165, 1.54) is 45.6 Å². The molecule has 1 aromatic heterocycles. The van der Waals surface area contributed by atoms with Gasteiger partial charge >= 0.3 is 0 Å². The quantitative estimate of drug-likeness (QED) is 0.614. The van der Waals surface area contributed by atoms with Crippen LogP contribution in [0, 0.1) is 5.82 Å². The number of halogens is 1. The summed E-state index contributed by atoms with van der Waals surface area (Å²) < 4.78 is 29.5. The van der Waals surface area contributed by atoms with E-state index in [9.17, 15) is 14.0 Å². The van der Waals surface area contributed by atoms with Crippen LogP contribution < -0.4 is 19.5 Å². The summed E-state index contributed by atoms with van der Waals surface area (Å²) in [4.78, 5) is 30.4. The molecule has 168 valence electrons. The number of rotatable bonds is 6. The molecule has 32 heavy (non-hydrogen) atoms. The van der Waals surface area contributed by atoms with Crippen LogP contribution in [0.5, 0.6) is 17.2 Å². The molecule has 9 heteroatoms. The first-order valence-corrected chi connectivity index (χ1v) is 10.1. The Balaban J connectivity index is 1.45. The van der Waals surface area contributed by atoms with Gasteiger partial charge in [0, 0.05) is 47.2 Å². The van der Waals surface area contributed by atoms with E-state index in [0.717, 1.165) is 22.2 Å². The maximum absolute atomic E-state index is 13.7. The standard InChI is InChI=1S/C23H24FN3O5/c1-30-19-8-13(9-20(31-2)22(19)32-3)23(29)25-11-21(28)27-7-6-18-16(12-27)15-10-14(24)4-5-17(15)26-18/h4-5,8-10,26H,6-7,11-12H2,1-3H3,(H,25,29). The highest BCUT2D eigenvalue weighted by molar-refractivity contribution is 5.97. The summed E-state index contributed by atoms with van der Waals surface area (Å²) in [5.41, 5.74) is 3.05. The number of fused-ring (bicyclic) bond motifs is 3. The van der Waals surface area contributed by atoms with E-state index >= 15 is 0 Å². The van der Waals surface area contributed by atoms with Gasteiger partial charge in [0.15, 0.2) is 11.5 Å². The van der Waals surface area contributed by atoms with Gasteiger partial charge in [-0.05, 0) is 30.3 Å². The Labute approximate surface area is 184 Å². The number of amides is 2. The lowest BCUT2D eigenvalue weighted by Crippen LogP contribution is -2.42. The summed E-state index contributed by atoms with van der Waals surface area (Å²) >= 11 is 0. The van der Waals surface area contributed by atoms with Crippen molar-refractivity contribution in [3.8, 4) is 17.2 Å². The van der Waals surface area contributed by atoms with E-state index in [4.69, 9.17) is 14.2 Å². The van der Waals surface area contributed by atoms with Crippen LogP contribution in [0.1, 0.15) is 21.6 Å². The van der Waals surface area contributed by atoms with Crippen LogP contribution in [-0.4, -0.2) is 56.1 Å². The SMILES string of the molecule is COc1cc(C(=O)NCC(=O)N2CCc3[nH]c4ccc(F)cc4c3C2)cc(OC)c1OC. The van der Waals surface area contributed by atoms with E-state index in [1.807, 2.05) is 0 Å². The van der Waals surface area contributed by atoms with Crippen molar-refractivity contribution in [1.82, 2.24) is 15.2 Å². The van der Waals surface area contributed by atoms with Gasteiger partial charge in [0.25, 0.3) is 5.91 Å². The van der Waals surface area contributed by atoms with Crippen LogP contribution in [0.3, 0.4) is 0 Å². The molecule has 0 radical (unpaired) electrons. The normalized spacial score (nSPS) is 12.9. The molecular weight excluding hydrogens is 417 g/mol. The van der Waals surface area contributed by atoms with Gasteiger partial charge in [-0.1, -0.05) is 0 Å². The van der Waals surface area contributed by atoms with Crippen LogP contribution in [0.2, 0.25) is 0 Å². The van der Waals surface area contributed by atoms with Crippen molar-refractivity contribution in [1.29, 1.82) is 0 Å². The molecule has 1 aliphatic heterocycles. The average Bonchev–Trinajstić information content (AvgIpc) is 3.18. The third kappa shape index (κ3) is 3.93. The number of carbonyl (C=O) groups is 2. The molecule has 3 aromatic rings. The molecule has 0 spiro atoms. The second-order valence-electron chi connectivity index (χ2n) is 7.43.